The highest BCUT2D eigenvalue weighted by Crippen LogP contribution is 2.24. The van der Waals surface area contributed by atoms with E-state index in [1.54, 1.807) is 18.2 Å². The maximum atomic E-state index is 12.0. The van der Waals surface area contributed by atoms with E-state index in [1.807, 2.05) is 0 Å². The second-order valence-corrected chi connectivity index (χ2v) is 5.08. The lowest BCUT2D eigenvalue weighted by atomic mass is 10.0. The van der Waals surface area contributed by atoms with Crippen molar-refractivity contribution < 1.29 is 9.90 Å². The van der Waals surface area contributed by atoms with Crippen LogP contribution >= 0.6 is 0 Å². The largest absolute Gasteiger partial charge is 0.505 e. The number of phenolic OH excluding ortho intramolecular Hbond substituents is 1. The minimum Gasteiger partial charge on any atom is -0.505 e. The highest BCUT2D eigenvalue weighted by molar-refractivity contribution is 5.98. The molecule has 1 saturated heterocycles. The number of nitrogen functional groups attached to an aromatic ring is 1. The minimum absolute atomic E-state index is 0.142. The predicted molar refractivity (Wildman–Crippen MR) is 75.1 cm³/mol. The van der Waals surface area contributed by atoms with Gasteiger partial charge in [-0.1, -0.05) is 12.5 Å². The van der Waals surface area contributed by atoms with Crippen LogP contribution in [0, 0.1) is 0 Å². The fourth-order valence-corrected chi connectivity index (χ4v) is 2.45. The van der Waals surface area contributed by atoms with E-state index in [0.717, 1.165) is 13.0 Å². The zero-order valence-electron chi connectivity index (χ0n) is 11.2. The summed E-state index contributed by atoms with van der Waals surface area (Å²) >= 11 is 0. The quantitative estimate of drug-likeness (QED) is 0.565. The molecule has 5 nitrogen and oxygen atoms in total. The molecule has 104 valence electrons. The molecular weight excluding hydrogens is 242 g/mol. The Hall–Kier alpha value is -1.75. The number of likely N-dealkylation sites (N-methyl/N-ethyl adjacent to an activating group) is 1. The molecule has 0 aliphatic carbocycles. The van der Waals surface area contributed by atoms with Gasteiger partial charge in [0.05, 0.1) is 11.3 Å². The van der Waals surface area contributed by atoms with Gasteiger partial charge in [0.2, 0.25) is 0 Å². The Morgan fingerprint density at radius 1 is 1.53 bits per heavy atom. The Morgan fingerprint density at radius 2 is 2.32 bits per heavy atom. The molecule has 1 atom stereocenters. The average molecular weight is 263 g/mol. The minimum atomic E-state index is -0.274. The number of nitrogens with zero attached hydrogens (tertiary/aromatic N) is 1. The Balaban J connectivity index is 1.95. The summed E-state index contributed by atoms with van der Waals surface area (Å²) in [6.45, 7) is 1.67. The molecule has 0 saturated carbocycles. The van der Waals surface area contributed by atoms with Crippen LogP contribution in [-0.4, -0.2) is 42.1 Å². The number of hydrogen-bond acceptors (Lipinski definition) is 4. The van der Waals surface area contributed by atoms with E-state index in [4.69, 9.17) is 5.73 Å². The van der Waals surface area contributed by atoms with Crippen LogP contribution in [0.15, 0.2) is 18.2 Å². The molecule has 2 rings (SSSR count). The second-order valence-electron chi connectivity index (χ2n) is 5.08. The van der Waals surface area contributed by atoms with Gasteiger partial charge in [-0.25, -0.2) is 0 Å². The van der Waals surface area contributed by atoms with Gasteiger partial charge in [-0.3, -0.25) is 4.79 Å². The van der Waals surface area contributed by atoms with Crippen molar-refractivity contribution in [2.45, 2.75) is 25.3 Å². The molecule has 0 spiro atoms. The van der Waals surface area contributed by atoms with Gasteiger partial charge in [-0.05, 0) is 38.6 Å². The van der Waals surface area contributed by atoms with Gasteiger partial charge < -0.3 is 21.1 Å². The van der Waals surface area contributed by atoms with Crippen molar-refractivity contribution in [2.75, 3.05) is 25.9 Å². The number of likely N-dealkylation sites (tertiary alicyclic amines) is 1. The number of benzene rings is 1. The highest BCUT2D eigenvalue weighted by atomic mass is 16.3. The molecule has 1 heterocycles. The molecule has 1 aromatic carbocycles. The molecule has 19 heavy (non-hydrogen) atoms. The van der Waals surface area contributed by atoms with Gasteiger partial charge in [0.25, 0.3) is 5.91 Å². The lowest BCUT2D eigenvalue weighted by molar-refractivity contribution is 0.0926. The van der Waals surface area contributed by atoms with Crippen molar-refractivity contribution in [1.82, 2.24) is 10.2 Å². The number of para-hydroxylation sites is 1. The fraction of sp³-hybridized carbons (Fsp3) is 0.500. The maximum absolute atomic E-state index is 12.0. The van der Waals surface area contributed by atoms with Gasteiger partial charge in [0, 0.05) is 12.6 Å². The average Bonchev–Trinajstić information content (AvgIpc) is 2.40. The number of hydrogen-bond donors (Lipinski definition) is 3. The van der Waals surface area contributed by atoms with Crippen LogP contribution in [0.2, 0.25) is 0 Å². The molecule has 1 amide bonds. The van der Waals surface area contributed by atoms with Crippen molar-refractivity contribution >= 4 is 11.6 Å². The number of nitrogens with two attached hydrogens (primary N) is 1. The van der Waals surface area contributed by atoms with E-state index in [9.17, 15) is 9.90 Å². The third kappa shape index (κ3) is 3.17. The van der Waals surface area contributed by atoms with Crippen LogP contribution in [0.4, 0.5) is 5.69 Å². The van der Waals surface area contributed by atoms with Crippen molar-refractivity contribution in [3.05, 3.63) is 23.8 Å². The number of phenols is 1. The normalized spacial score (nSPS) is 20.2. The number of carbonyl (C=O) groups is 1. The van der Waals surface area contributed by atoms with Crippen molar-refractivity contribution in [3.8, 4) is 5.75 Å². The highest BCUT2D eigenvalue weighted by Gasteiger charge is 2.20. The van der Waals surface area contributed by atoms with E-state index >= 15 is 0 Å². The maximum Gasteiger partial charge on any atom is 0.255 e. The Bertz CT molecular complexity index is 462. The first kappa shape index (κ1) is 13.7. The molecule has 5 heteroatoms. The van der Waals surface area contributed by atoms with Crippen molar-refractivity contribution in [2.24, 2.45) is 0 Å². The van der Waals surface area contributed by atoms with Gasteiger partial charge in [0.15, 0.2) is 5.75 Å². The van der Waals surface area contributed by atoms with E-state index in [2.05, 4.69) is 17.3 Å². The third-order valence-corrected chi connectivity index (χ3v) is 3.73. The van der Waals surface area contributed by atoms with E-state index < -0.39 is 0 Å². The van der Waals surface area contributed by atoms with E-state index in [1.165, 1.54) is 12.8 Å². The molecule has 0 bridgehead atoms. The van der Waals surface area contributed by atoms with Gasteiger partial charge in [-0.15, -0.1) is 0 Å². The van der Waals surface area contributed by atoms with Crippen LogP contribution in [-0.2, 0) is 0 Å². The first-order valence-electron chi connectivity index (χ1n) is 6.65. The Labute approximate surface area is 113 Å². The number of rotatable bonds is 3. The smallest absolute Gasteiger partial charge is 0.255 e. The topological polar surface area (TPSA) is 78.6 Å². The van der Waals surface area contributed by atoms with Crippen LogP contribution in [0.1, 0.15) is 29.6 Å². The lowest BCUT2D eigenvalue weighted by Crippen LogP contribution is -2.44. The molecule has 1 fully saturated rings. The van der Waals surface area contributed by atoms with Gasteiger partial charge in [0.1, 0.15) is 0 Å². The van der Waals surface area contributed by atoms with Crippen molar-refractivity contribution in [3.63, 3.8) is 0 Å². The molecular formula is C14H21N3O2. The third-order valence-electron chi connectivity index (χ3n) is 3.73. The van der Waals surface area contributed by atoms with Gasteiger partial charge >= 0.3 is 0 Å². The first-order chi connectivity index (χ1) is 9.09. The lowest BCUT2D eigenvalue weighted by Gasteiger charge is -2.32. The summed E-state index contributed by atoms with van der Waals surface area (Å²) in [6, 6.07) is 5.18. The Morgan fingerprint density at radius 3 is 3.05 bits per heavy atom. The summed E-state index contributed by atoms with van der Waals surface area (Å²) in [7, 11) is 2.08. The first-order valence-corrected chi connectivity index (χ1v) is 6.65. The molecule has 1 aliphatic rings. The summed E-state index contributed by atoms with van der Waals surface area (Å²) in [6.07, 6.45) is 3.52. The number of nitrogens with one attached hydrogen (secondary N) is 1. The Kier molecular flexibility index (Phi) is 4.27. The summed E-state index contributed by atoms with van der Waals surface area (Å²) in [5.74, 6) is -0.416. The zero-order chi connectivity index (χ0) is 13.8. The summed E-state index contributed by atoms with van der Waals surface area (Å²) in [5.41, 5.74) is 6.04. The van der Waals surface area contributed by atoms with E-state index in [0.29, 0.717) is 12.6 Å². The second kappa shape index (κ2) is 5.93. The molecule has 0 aromatic heterocycles. The van der Waals surface area contributed by atoms with Crippen molar-refractivity contribution in [1.29, 1.82) is 0 Å². The molecule has 0 radical (unpaired) electrons. The summed E-state index contributed by atoms with van der Waals surface area (Å²) < 4.78 is 0. The predicted octanol–water partition coefficient (Wildman–Crippen LogP) is 1.19. The molecule has 1 unspecified atom stereocenters. The van der Waals surface area contributed by atoms with Crippen LogP contribution in [0.25, 0.3) is 0 Å². The fourth-order valence-electron chi connectivity index (χ4n) is 2.45. The number of amides is 1. The van der Waals surface area contributed by atoms with Crippen LogP contribution in [0.5, 0.6) is 5.75 Å². The number of piperidine rings is 1. The SMILES string of the molecule is CN1CCCCC1CNC(=O)c1cccc(N)c1O. The standard InChI is InChI=1S/C14H21N3O2/c1-17-8-3-2-5-10(17)9-16-14(19)11-6-4-7-12(15)13(11)18/h4,6-7,10,18H,2-3,5,8-9,15H2,1H3,(H,16,19). The number of aromatic hydroxyl groups is 1. The summed E-state index contributed by atoms with van der Waals surface area (Å²) in [4.78, 5) is 14.3. The molecule has 1 aromatic rings. The van der Waals surface area contributed by atoms with Gasteiger partial charge in [-0.2, -0.15) is 0 Å². The van der Waals surface area contributed by atoms with Crippen LogP contribution in [0.3, 0.4) is 0 Å². The molecule has 4 N–H and O–H groups in total. The number of anilines is 1. The summed E-state index contributed by atoms with van der Waals surface area (Å²) in [5, 5.41) is 12.6. The zero-order valence-corrected chi connectivity index (χ0v) is 11.2. The monoisotopic (exact) mass is 263 g/mol. The van der Waals surface area contributed by atoms with Crippen LogP contribution < -0.4 is 11.1 Å². The van der Waals surface area contributed by atoms with E-state index in [-0.39, 0.29) is 22.9 Å². The molecule has 1 aliphatic heterocycles. The number of carbonyl (C=O) groups excluding carboxylic acids is 1.